The highest BCUT2D eigenvalue weighted by Crippen LogP contribution is 2.47. The minimum atomic E-state index is -5.40. The van der Waals surface area contributed by atoms with Crippen molar-refractivity contribution in [3.05, 3.63) is 71.3 Å². The Bertz CT molecular complexity index is 1460. The molecule has 2 heterocycles. The van der Waals surface area contributed by atoms with Gasteiger partial charge < -0.3 is 9.64 Å². The van der Waals surface area contributed by atoms with Gasteiger partial charge in [0.05, 0.1) is 29.6 Å². The van der Waals surface area contributed by atoms with Crippen LogP contribution in [0.15, 0.2) is 48.8 Å². The van der Waals surface area contributed by atoms with E-state index < -0.39 is 52.9 Å². The zero-order valence-electron chi connectivity index (χ0n) is 20.4. The summed E-state index contributed by atoms with van der Waals surface area (Å²) in [4.78, 5) is 28.4. The number of urea groups is 1. The number of ether oxygens (including phenoxy) is 1. The molecule has 0 unspecified atom stereocenters. The molecule has 40 heavy (non-hydrogen) atoms. The number of alkyl halides is 6. The van der Waals surface area contributed by atoms with Crippen LogP contribution in [-0.4, -0.2) is 53.9 Å². The number of halogens is 7. The Hall–Kier alpha value is -4.74. The summed E-state index contributed by atoms with van der Waals surface area (Å²) in [6.45, 7) is -0.587. The molecule has 3 aromatic rings. The zero-order valence-corrected chi connectivity index (χ0v) is 20.4. The van der Waals surface area contributed by atoms with Crippen LogP contribution in [0.2, 0.25) is 0 Å². The summed E-state index contributed by atoms with van der Waals surface area (Å²) < 4.78 is 101. The molecule has 8 nitrogen and oxygen atoms in total. The molecule has 4 rings (SSSR count). The molecule has 1 aromatic heterocycles. The van der Waals surface area contributed by atoms with Gasteiger partial charge in [-0.3, -0.25) is 14.9 Å². The van der Waals surface area contributed by atoms with Crippen molar-refractivity contribution in [1.29, 1.82) is 0 Å². The Labute approximate surface area is 221 Å². The fraction of sp³-hybridized carbons (Fsp3) is 0.240. The minimum Gasteiger partial charge on any atom is -0.407 e. The first-order chi connectivity index (χ1) is 18.8. The number of aromatic amines is 1. The maximum absolute atomic E-state index is 14.0. The van der Waals surface area contributed by atoms with E-state index in [4.69, 9.17) is 4.74 Å². The zero-order chi connectivity index (χ0) is 29.2. The molecule has 210 valence electrons. The smallest absolute Gasteiger partial charge is 0.407 e. The van der Waals surface area contributed by atoms with E-state index in [9.17, 15) is 40.3 Å². The van der Waals surface area contributed by atoms with Gasteiger partial charge in [0.2, 0.25) is 0 Å². The molecule has 0 bridgehead atoms. The lowest BCUT2D eigenvalue weighted by Crippen LogP contribution is -2.34. The molecule has 0 atom stereocenters. The van der Waals surface area contributed by atoms with Crippen molar-refractivity contribution in [1.82, 2.24) is 15.1 Å². The van der Waals surface area contributed by atoms with Crippen molar-refractivity contribution in [3.8, 4) is 17.6 Å². The number of H-pyrrole nitrogens is 1. The Morgan fingerprint density at radius 2 is 1.80 bits per heavy atom. The van der Waals surface area contributed by atoms with Gasteiger partial charge in [0.1, 0.15) is 11.4 Å². The van der Waals surface area contributed by atoms with Gasteiger partial charge in [-0.15, -0.1) is 0 Å². The fourth-order valence-electron chi connectivity index (χ4n) is 3.73. The highest BCUT2D eigenvalue weighted by atomic mass is 19.4. The van der Waals surface area contributed by atoms with Gasteiger partial charge in [0.25, 0.3) is 0 Å². The molecular formula is C25H18F7N5O3. The Morgan fingerprint density at radius 1 is 1.10 bits per heavy atom. The lowest BCUT2D eigenvalue weighted by molar-refractivity contribution is -0.143. The summed E-state index contributed by atoms with van der Waals surface area (Å²) >= 11 is 0. The second-order valence-corrected chi connectivity index (χ2v) is 8.42. The number of benzene rings is 2. The number of rotatable bonds is 4. The summed E-state index contributed by atoms with van der Waals surface area (Å²) in [6.07, 6.45) is -9.15. The van der Waals surface area contributed by atoms with Crippen molar-refractivity contribution in [2.45, 2.75) is 12.4 Å². The third kappa shape index (κ3) is 6.11. The second-order valence-electron chi connectivity index (χ2n) is 8.42. The third-order valence-electron chi connectivity index (χ3n) is 5.77. The van der Waals surface area contributed by atoms with Crippen LogP contribution >= 0.6 is 0 Å². The Morgan fingerprint density at radius 3 is 2.40 bits per heavy atom. The Kier molecular flexibility index (Phi) is 7.63. The van der Waals surface area contributed by atoms with E-state index in [-0.39, 0.29) is 31.4 Å². The summed E-state index contributed by atoms with van der Waals surface area (Å²) in [5, 5.41) is 6.24. The second kappa shape index (κ2) is 10.8. The molecule has 15 heteroatoms. The van der Waals surface area contributed by atoms with Crippen LogP contribution in [0, 0.1) is 17.7 Å². The van der Waals surface area contributed by atoms with E-state index in [2.05, 4.69) is 22.0 Å². The predicted octanol–water partition coefficient (Wildman–Crippen LogP) is 5.52. The summed E-state index contributed by atoms with van der Waals surface area (Å²) in [5.74, 6) is 3.43. The average Bonchev–Trinajstić information content (AvgIpc) is 3.53. The summed E-state index contributed by atoms with van der Waals surface area (Å²) in [5.41, 5.74) is -4.00. The highest BCUT2D eigenvalue weighted by molar-refractivity contribution is 5.98. The van der Waals surface area contributed by atoms with E-state index in [1.54, 1.807) is 0 Å². The number of nitrogens with one attached hydrogen (secondary N) is 1. The van der Waals surface area contributed by atoms with Crippen molar-refractivity contribution >= 4 is 23.5 Å². The molecule has 1 aliphatic rings. The van der Waals surface area contributed by atoms with Crippen LogP contribution in [0.3, 0.4) is 0 Å². The number of anilines is 2. The van der Waals surface area contributed by atoms with Crippen molar-refractivity contribution < 1.29 is 45.1 Å². The number of carbonyl (C=O) groups excluding carboxylic acids is 2. The van der Waals surface area contributed by atoms with Gasteiger partial charge in [-0.1, -0.05) is 11.8 Å². The molecule has 0 radical (unpaired) electrons. The van der Waals surface area contributed by atoms with Crippen LogP contribution in [0.1, 0.15) is 16.7 Å². The lowest BCUT2D eigenvalue weighted by atomic mass is 10.1. The maximum Gasteiger partial charge on any atom is 0.420 e. The van der Waals surface area contributed by atoms with Crippen molar-refractivity contribution in [2.75, 3.05) is 36.5 Å². The van der Waals surface area contributed by atoms with Gasteiger partial charge in [0, 0.05) is 32.0 Å². The lowest BCUT2D eigenvalue weighted by Gasteiger charge is -2.25. The fourth-order valence-corrected chi connectivity index (χ4v) is 3.73. The van der Waals surface area contributed by atoms with Gasteiger partial charge in [0.15, 0.2) is 5.75 Å². The molecule has 1 N–H and O–H groups in total. The van der Waals surface area contributed by atoms with Crippen LogP contribution in [-0.2, 0) is 12.4 Å². The SMILES string of the molecule is CN(C(=O)Oc1c(N2CCN(CC#Cc3cn[nH]c3)C2=O)cc(C(F)(F)F)cc1C(F)(F)F)c1ccc(F)cc1. The first-order valence-corrected chi connectivity index (χ1v) is 11.3. The summed E-state index contributed by atoms with van der Waals surface area (Å²) in [7, 11) is 1.11. The number of nitrogens with zero attached hydrogens (tertiary/aromatic N) is 4. The number of hydrogen-bond acceptors (Lipinski definition) is 4. The van der Waals surface area contributed by atoms with Crippen LogP contribution in [0.5, 0.6) is 5.75 Å². The number of carbonyl (C=O) groups is 2. The molecule has 1 fully saturated rings. The van der Waals surface area contributed by atoms with Crippen molar-refractivity contribution in [3.63, 3.8) is 0 Å². The Balaban J connectivity index is 1.73. The third-order valence-corrected chi connectivity index (χ3v) is 5.77. The van der Waals surface area contributed by atoms with Crippen LogP contribution in [0.4, 0.5) is 51.7 Å². The molecule has 0 saturated carbocycles. The quantitative estimate of drug-likeness (QED) is 0.332. The predicted molar refractivity (Wildman–Crippen MR) is 127 cm³/mol. The standard InChI is InChI=1S/C25H18F7N5O3/c1-35(18-6-4-17(26)5-7-18)23(39)40-21-19(25(30,31)32)11-16(24(27,28)29)12-20(21)37-10-9-36(22(37)38)8-2-3-15-13-33-34-14-15/h4-7,11-14H,8-10H2,1H3,(H,33,34). The molecule has 0 aliphatic carbocycles. The first-order valence-electron chi connectivity index (χ1n) is 11.3. The van der Waals surface area contributed by atoms with E-state index in [0.717, 1.165) is 41.1 Å². The van der Waals surface area contributed by atoms with Gasteiger partial charge in [-0.25, -0.2) is 14.0 Å². The van der Waals surface area contributed by atoms with Crippen LogP contribution in [0.25, 0.3) is 0 Å². The molecule has 3 amide bonds. The van der Waals surface area contributed by atoms with Crippen LogP contribution < -0.4 is 14.5 Å². The normalized spacial score (nSPS) is 13.8. The van der Waals surface area contributed by atoms with E-state index >= 15 is 0 Å². The molecular weight excluding hydrogens is 551 g/mol. The highest BCUT2D eigenvalue weighted by Gasteiger charge is 2.44. The molecule has 2 aromatic carbocycles. The number of amides is 3. The summed E-state index contributed by atoms with van der Waals surface area (Å²) in [6, 6.07) is 3.42. The monoisotopic (exact) mass is 569 g/mol. The molecule has 0 spiro atoms. The van der Waals surface area contributed by atoms with Gasteiger partial charge >= 0.3 is 24.5 Å². The van der Waals surface area contributed by atoms with E-state index in [1.165, 1.54) is 12.4 Å². The number of aromatic nitrogens is 2. The topological polar surface area (TPSA) is 81.8 Å². The first kappa shape index (κ1) is 28.3. The average molecular weight is 569 g/mol. The van der Waals surface area contributed by atoms with Crippen molar-refractivity contribution in [2.24, 2.45) is 0 Å². The minimum absolute atomic E-state index is 0.0213. The largest absolute Gasteiger partial charge is 0.420 e. The van der Waals surface area contributed by atoms with Gasteiger partial charge in [-0.2, -0.15) is 31.4 Å². The molecule has 1 aliphatic heterocycles. The van der Waals surface area contributed by atoms with E-state index in [0.29, 0.717) is 16.5 Å². The van der Waals surface area contributed by atoms with Gasteiger partial charge in [-0.05, 0) is 36.4 Å². The maximum atomic E-state index is 14.0. The molecule has 1 saturated heterocycles. The van der Waals surface area contributed by atoms with E-state index in [1.807, 2.05) is 0 Å². The number of hydrogen-bond donors (Lipinski definition) is 1.